The van der Waals surface area contributed by atoms with Crippen LogP contribution in [0.5, 0.6) is 0 Å². The number of hydrogen-bond donors (Lipinski definition) is 1. The van der Waals surface area contributed by atoms with Gasteiger partial charge in [-0.15, -0.1) is 0 Å². The molecule has 6 heteroatoms. The maximum absolute atomic E-state index is 12.9. The summed E-state index contributed by atoms with van der Waals surface area (Å²) in [5.74, 6) is 0.612. The zero-order chi connectivity index (χ0) is 14.9. The minimum absolute atomic E-state index is 0.104. The minimum atomic E-state index is -3.52. The molecule has 116 valence electrons. The summed E-state index contributed by atoms with van der Waals surface area (Å²) in [6, 6.07) is 3.35. The van der Waals surface area contributed by atoms with Crippen LogP contribution >= 0.6 is 0 Å². The second-order valence-corrected chi connectivity index (χ2v) is 7.97. The topological polar surface area (TPSA) is 76.3 Å². The Balaban J connectivity index is 1.89. The van der Waals surface area contributed by atoms with Gasteiger partial charge in [0.1, 0.15) is 10.7 Å². The minimum Gasteiger partial charge on any atom is -0.383 e. The van der Waals surface area contributed by atoms with Crippen LogP contribution in [0.1, 0.15) is 44.9 Å². The maximum atomic E-state index is 12.9. The van der Waals surface area contributed by atoms with Gasteiger partial charge < -0.3 is 5.73 Å². The zero-order valence-electron chi connectivity index (χ0n) is 12.2. The molecule has 0 bridgehead atoms. The molecule has 1 aliphatic carbocycles. The molecule has 3 rings (SSSR count). The van der Waals surface area contributed by atoms with Crippen molar-refractivity contribution in [2.75, 3.05) is 12.3 Å². The van der Waals surface area contributed by atoms with Gasteiger partial charge in [0.2, 0.25) is 10.0 Å². The average Bonchev–Trinajstić information content (AvgIpc) is 2.99. The van der Waals surface area contributed by atoms with Crippen LogP contribution in [0.2, 0.25) is 0 Å². The molecule has 0 amide bonds. The van der Waals surface area contributed by atoms with Crippen molar-refractivity contribution in [2.24, 2.45) is 5.92 Å². The molecule has 1 atom stereocenters. The molecule has 0 radical (unpaired) electrons. The monoisotopic (exact) mass is 309 g/mol. The van der Waals surface area contributed by atoms with Crippen molar-refractivity contribution in [3.05, 3.63) is 18.3 Å². The van der Waals surface area contributed by atoms with Crippen molar-refractivity contribution in [2.45, 2.75) is 55.9 Å². The van der Waals surface area contributed by atoms with Gasteiger partial charge in [0, 0.05) is 18.8 Å². The Hall–Kier alpha value is -1.14. The van der Waals surface area contributed by atoms with Crippen molar-refractivity contribution in [3.63, 3.8) is 0 Å². The second-order valence-electron chi connectivity index (χ2n) is 6.11. The summed E-state index contributed by atoms with van der Waals surface area (Å²) in [7, 11) is -3.52. The summed E-state index contributed by atoms with van der Waals surface area (Å²) in [4.78, 5) is 4.09. The SMILES string of the molecule is Nc1ncccc1S(=O)(=O)N1CCCC1C1CCCCC1. The summed E-state index contributed by atoms with van der Waals surface area (Å²) >= 11 is 0. The lowest BCUT2D eigenvalue weighted by Crippen LogP contribution is -2.41. The van der Waals surface area contributed by atoms with E-state index in [9.17, 15) is 8.42 Å². The molecule has 2 aliphatic rings. The first-order valence-corrected chi connectivity index (χ1v) is 9.27. The zero-order valence-corrected chi connectivity index (χ0v) is 13.1. The van der Waals surface area contributed by atoms with Gasteiger partial charge in [0.05, 0.1) is 0 Å². The quantitative estimate of drug-likeness (QED) is 0.930. The number of aromatic nitrogens is 1. The second kappa shape index (κ2) is 5.93. The molecule has 1 saturated carbocycles. The van der Waals surface area contributed by atoms with Crippen LogP contribution in [0.4, 0.5) is 5.82 Å². The van der Waals surface area contributed by atoms with Crippen LogP contribution in [-0.2, 0) is 10.0 Å². The van der Waals surface area contributed by atoms with Gasteiger partial charge in [0.15, 0.2) is 0 Å². The highest BCUT2D eigenvalue weighted by Gasteiger charge is 2.40. The molecule has 1 unspecified atom stereocenters. The van der Waals surface area contributed by atoms with Crippen LogP contribution in [0.3, 0.4) is 0 Å². The van der Waals surface area contributed by atoms with E-state index in [4.69, 9.17) is 5.73 Å². The first-order chi connectivity index (χ1) is 10.1. The molecule has 21 heavy (non-hydrogen) atoms. The molecule has 1 aromatic rings. The van der Waals surface area contributed by atoms with Gasteiger partial charge in [-0.25, -0.2) is 13.4 Å². The van der Waals surface area contributed by atoms with Crippen LogP contribution in [-0.4, -0.2) is 30.3 Å². The van der Waals surface area contributed by atoms with Gasteiger partial charge in [-0.1, -0.05) is 19.3 Å². The molecule has 2 N–H and O–H groups in total. The molecule has 2 fully saturated rings. The largest absolute Gasteiger partial charge is 0.383 e. The van der Waals surface area contributed by atoms with Crippen molar-refractivity contribution < 1.29 is 8.42 Å². The molecule has 1 aliphatic heterocycles. The van der Waals surface area contributed by atoms with Crippen LogP contribution in [0, 0.1) is 5.92 Å². The summed E-state index contributed by atoms with van der Waals surface area (Å²) in [6.07, 6.45) is 9.49. The predicted molar refractivity (Wildman–Crippen MR) is 82.1 cm³/mol. The third-order valence-electron chi connectivity index (χ3n) is 4.83. The molecule has 0 spiro atoms. The van der Waals surface area contributed by atoms with Gasteiger partial charge in [0.25, 0.3) is 0 Å². The average molecular weight is 309 g/mol. The fraction of sp³-hybridized carbons (Fsp3) is 0.667. The number of nitrogens with zero attached hydrogens (tertiary/aromatic N) is 2. The molecule has 0 aromatic carbocycles. The number of anilines is 1. The Morgan fingerprint density at radius 2 is 1.90 bits per heavy atom. The predicted octanol–water partition coefficient (Wildman–Crippen LogP) is 2.40. The van der Waals surface area contributed by atoms with E-state index in [2.05, 4.69) is 4.98 Å². The van der Waals surface area contributed by atoms with Gasteiger partial charge in [-0.05, 0) is 43.7 Å². The molecule has 2 heterocycles. The van der Waals surface area contributed by atoms with E-state index in [1.807, 2.05) is 0 Å². The number of hydrogen-bond acceptors (Lipinski definition) is 4. The van der Waals surface area contributed by atoms with E-state index in [-0.39, 0.29) is 16.8 Å². The lowest BCUT2D eigenvalue weighted by Gasteiger charge is -2.33. The highest BCUT2D eigenvalue weighted by molar-refractivity contribution is 7.89. The van der Waals surface area contributed by atoms with E-state index in [0.29, 0.717) is 12.5 Å². The molecular formula is C15H23N3O2S. The highest BCUT2D eigenvalue weighted by Crippen LogP contribution is 2.37. The Labute approximate surface area is 126 Å². The standard InChI is InChI=1S/C15H23N3O2S/c16-15-14(9-4-10-17-15)21(19,20)18-11-5-8-13(18)12-6-2-1-3-7-12/h4,9-10,12-13H,1-3,5-8,11H2,(H2,16,17). The van der Waals surface area contributed by atoms with Gasteiger partial charge in [-0.2, -0.15) is 4.31 Å². The fourth-order valence-corrected chi connectivity index (χ4v) is 5.63. The van der Waals surface area contributed by atoms with Crippen molar-refractivity contribution in [1.29, 1.82) is 0 Å². The number of nitrogens with two attached hydrogens (primary N) is 1. The van der Waals surface area contributed by atoms with E-state index in [1.54, 1.807) is 16.4 Å². The van der Waals surface area contributed by atoms with E-state index in [1.165, 1.54) is 25.5 Å². The molecule has 1 saturated heterocycles. The van der Waals surface area contributed by atoms with E-state index >= 15 is 0 Å². The molecule has 1 aromatic heterocycles. The Bertz CT molecular complexity index is 597. The van der Waals surface area contributed by atoms with E-state index in [0.717, 1.165) is 25.7 Å². The Kier molecular flexibility index (Phi) is 4.17. The lowest BCUT2D eigenvalue weighted by molar-refractivity contribution is 0.226. The van der Waals surface area contributed by atoms with Crippen molar-refractivity contribution >= 4 is 15.8 Å². The van der Waals surface area contributed by atoms with Crippen LogP contribution < -0.4 is 5.73 Å². The summed E-state index contributed by atoms with van der Waals surface area (Å²) in [5, 5.41) is 0. The number of rotatable bonds is 3. The van der Waals surface area contributed by atoms with E-state index < -0.39 is 10.0 Å². The summed E-state index contributed by atoms with van der Waals surface area (Å²) < 4.78 is 27.5. The summed E-state index contributed by atoms with van der Waals surface area (Å²) in [5.41, 5.74) is 5.78. The first kappa shape index (κ1) is 14.8. The molecule has 5 nitrogen and oxygen atoms in total. The third kappa shape index (κ3) is 2.79. The number of pyridine rings is 1. The number of sulfonamides is 1. The van der Waals surface area contributed by atoms with Crippen molar-refractivity contribution in [1.82, 2.24) is 9.29 Å². The maximum Gasteiger partial charge on any atom is 0.246 e. The Morgan fingerprint density at radius 3 is 2.62 bits per heavy atom. The Morgan fingerprint density at radius 1 is 1.14 bits per heavy atom. The van der Waals surface area contributed by atoms with Crippen LogP contribution in [0.25, 0.3) is 0 Å². The first-order valence-electron chi connectivity index (χ1n) is 7.83. The smallest absolute Gasteiger partial charge is 0.246 e. The highest BCUT2D eigenvalue weighted by atomic mass is 32.2. The fourth-order valence-electron chi connectivity index (χ4n) is 3.80. The number of nitrogen functional groups attached to an aromatic ring is 1. The third-order valence-corrected chi connectivity index (χ3v) is 6.80. The normalized spacial score (nSPS) is 25.2. The summed E-state index contributed by atoms with van der Waals surface area (Å²) in [6.45, 7) is 0.609. The van der Waals surface area contributed by atoms with Gasteiger partial charge in [-0.3, -0.25) is 0 Å². The molecular weight excluding hydrogens is 286 g/mol. The van der Waals surface area contributed by atoms with Crippen LogP contribution in [0.15, 0.2) is 23.2 Å². The van der Waals surface area contributed by atoms with Gasteiger partial charge >= 0.3 is 0 Å². The van der Waals surface area contributed by atoms with Crippen molar-refractivity contribution in [3.8, 4) is 0 Å². The lowest BCUT2D eigenvalue weighted by atomic mass is 9.83.